The molecule has 0 radical (unpaired) electrons. The Morgan fingerprint density at radius 3 is 2.61 bits per heavy atom. The van der Waals surface area contributed by atoms with E-state index < -0.39 is 5.97 Å². The molecular weight excluding hydrogens is 300 g/mol. The van der Waals surface area contributed by atoms with Crippen molar-refractivity contribution in [3.05, 3.63) is 34.9 Å². The molecule has 0 atom stereocenters. The van der Waals surface area contributed by atoms with Gasteiger partial charge in [-0.25, -0.2) is 4.79 Å². The van der Waals surface area contributed by atoms with Crippen LogP contribution in [0.25, 0.3) is 0 Å². The Hall–Kier alpha value is -1.49. The Bertz CT molecular complexity index is 468. The third-order valence-electron chi connectivity index (χ3n) is 2.30. The van der Waals surface area contributed by atoms with E-state index in [1.54, 1.807) is 6.92 Å². The van der Waals surface area contributed by atoms with Gasteiger partial charge in [-0.05, 0) is 19.1 Å². The second kappa shape index (κ2) is 7.06. The lowest BCUT2D eigenvalue weighted by molar-refractivity contribution is 0.0523. The average Bonchev–Trinajstić information content (AvgIpc) is 2.38. The predicted octanol–water partition coefficient (Wildman–Crippen LogP) is 2.64. The van der Waals surface area contributed by atoms with Crippen molar-refractivity contribution in [1.82, 2.24) is 0 Å². The number of ketones is 1. The smallest absolute Gasteiger partial charge is 0.338 e. The van der Waals surface area contributed by atoms with Crippen LogP contribution in [-0.4, -0.2) is 30.0 Å². The van der Waals surface area contributed by atoms with E-state index in [1.807, 2.05) is 0 Å². The van der Waals surface area contributed by atoms with Gasteiger partial charge in [0.05, 0.1) is 12.2 Å². The van der Waals surface area contributed by atoms with Crippen LogP contribution in [0.3, 0.4) is 0 Å². The Morgan fingerprint density at radius 1 is 1.33 bits per heavy atom. The van der Waals surface area contributed by atoms with Crippen molar-refractivity contribution < 1.29 is 19.1 Å². The molecule has 0 heterocycles. The molecule has 0 fully saturated rings. The number of carbonyl (C=O) groups excluding carboxylic acids is 3. The zero-order valence-corrected chi connectivity index (χ0v) is 11.5. The minimum Gasteiger partial charge on any atom is -0.462 e. The number of esters is 1. The van der Waals surface area contributed by atoms with E-state index in [9.17, 15) is 14.4 Å². The molecule has 1 aromatic rings. The van der Waals surface area contributed by atoms with Gasteiger partial charge >= 0.3 is 5.97 Å². The Balaban J connectivity index is 3.19. The molecule has 0 bridgehead atoms. The summed E-state index contributed by atoms with van der Waals surface area (Å²) in [4.78, 5) is 34.3. The van der Waals surface area contributed by atoms with Gasteiger partial charge in [0.15, 0.2) is 5.78 Å². The maximum absolute atomic E-state index is 11.9. The van der Waals surface area contributed by atoms with Gasteiger partial charge in [0.2, 0.25) is 0 Å². The maximum atomic E-state index is 11.9. The molecule has 96 valence electrons. The summed E-state index contributed by atoms with van der Waals surface area (Å²) >= 11 is 3.17. The van der Waals surface area contributed by atoms with Crippen molar-refractivity contribution in [1.29, 1.82) is 0 Å². The van der Waals surface area contributed by atoms with Gasteiger partial charge in [-0.3, -0.25) is 9.59 Å². The van der Waals surface area contributed by atoms with Crippen LogP contribution in [0.1, 0.15) is 44.4 Å². The fourth-order valence-corrected chi connectivity index (χ4v) is 1.83. The Morgan fingerprint density at radius 2 is 2.06 bits per heavy atom. The quantitative estimate of drug-likeness (QED) is 0.351. The first-order valence-electron chi connectivity index (χ1n) is 5.49. The lowest BCUT2D eigenvalue weighted by atomic mass is 9.99. The molecule has 18 heavy (non-hydrogen) atoms. The lowest BCUT2D eigenvalue weighted by Gasteiger charge is -2.08. The van der Waals surface area contributed by atoms with Crippen LogP contribution in [0, 0.1) is 0 Å². The van der Waals surface area contributed by atoms with E-state index >= 15 is 0 Å². The normalized spacial score (nSPS) is 9.89. The number of alkyl halides is 1. The first-order valence-corrected chi connectivity index (χ1v) is 6.61. The topological polar surface area (TPSA) is 60.4 Å². The van der Waals surface area contributed by atoms with Gasteiger partial charge < -0.3 is 4.74 Å². The third-order valence-corrected chi connectivity index (χ3v) is 2.69. The molecule has 0 spiro atoms. The number of halogens is 1. The van der Waals surface area contributed by atoms with E-state index in [-0.39, 0.29) is 29.9 Å². The summed E-state index contributed by atoms with van der Waals surface area (Å²) < 4.78 is 4.88. The zero-order valence-electron chi connectivity index (χ0n) is 9.94. The van der Waals surface area contributed by atoms with E-state index in [0.29, 0.717) is 17.2 Å². The molecule has 0 aliphatic carbocycles. The molecule has 0 N–H and O–H groups in total. The van der Waals surface area contributed by atoms with Crippen molar-refractivity contribution >= 4 is 34.0 Å². The molecule has 4 nitrogen and oxygen atoms in total. The predicted molar refractivity (Wildman–Crippen MR) is 70.5 cm³/mol. The third kappa shape index (κ3) is 3.50. The van der Waals surface area contributed by atoms with Gasteiger partial charge in [0.25, 0.3) is 0 Å². The summed E-state index contributed by atoms with van der Waals surface area (Å²) in [5.74, 6) is -0.744. The van der Waals surface area contributed by atoms with Crippen molar-refractivity contribution in [3.8, 4) is 0 Å². The monoisotopic (exact) mass is 312 g/mol. The summed E-state index contributed by atoms with van der Waals surface area (Å²) in [6, 6.07) is 4.36. The minimum absolute atomic E-state index is 0.196. The highest BCUT2D eigenvalue weighted by molar-refractivity contribution is 9.09. The van der Waals surface area contributed by atoms with Gasteiger partial charge in [-0.15, -0.1) is 0 Å². The molecule has 0 aliphatic heterocycles. The molecular formula is C13H13BrO4. The van der Waals surface area contributed by atoms with Crippen LogP contribution < -0.4 is 0 Å². The molecule has 0 saturated carbocycles. The number of carbonyl (C=O) groups is 3. The first kappa shape index (κ1) is 14.6. The average molecular weight is 313 g/mol. The van der Waals surface area contributed by atoms with E-state index in [4.69, 9.17) is 4.74 Å². The summed E-state index contributed by atoms with van der Waals surface area (Å²) in [6.45, 7) is 1.93. The van der Waals surface area contributed by atoms with Crippen LogP contribution in [0.2, 0.25) is 0 Å². The minimum atomic E-state index is -0.548. The second-order valence-corrected chi connectivity index (χ2v) is 4.30. The molecule has 1 rings (SSSR count). The van der Waals surface area contributed by atoms with Crippen LogP contribution >= 0.6 is 15.9 Å². The molecule has 0 saturated heterocycles. The SMILES string of the molecule is CCOC(=O)c1ccc(C=O)cc1C(=O)CCBr. The highest BCUT2D eigenvalue weighted by Crippen LogP contribution is 2.15. The van der Waals surface area contributed by atoms with Gasteiger partial charge in [-0.1, -0.05) is 22.0 Å². The lowest BCUT2D eigenvalue weighted by Crippen LogP contribution is -2.12. The molecule has 0 amide bonds. The standard InChI is InChI=1S/C13H13BrO4/c1-2-18-13(17)10-4-3-9(8-15)7-11(10)12(16)5-6-14/h3-4,7-8H,2,5-6H2,1H3. The number of benzene rings is 1. The van der Waals surface area contributed by atoms with Crippen LogP contribution in [0.4, 0.5) is 0 Å². The number of Topliss-reactive ketones (excluding diaryl/α,β-unsaturated/α-hetero) is 1. The molecule has 0 aromatic heterocycles. The number of hydrogen-bond donors (Lipinski definition) is 0. The van der Waals surface area contributed by atoms with Gasteiger partial charge in [-0.2, -0.15) is 0 Å². The van der Waals surface area contributed by atoms with Crippen LogP contribution in [0.5, 0.6) is 0 Å². The van der Waals surface area contributed by atoms with Gasteiger partial charge in [0, 0.05) is 22.9 Å². The van der Waals surface area contributed by atoms with Crippen molar-refractivity contribution in [3.63, 3.8) is 0 Å². The molecule has 0 unspecified atom stereocenters. The summed E-state index contributed by atoms with van der Waals surface area (Å²) in [6.07, 6.45) is 0.897. The highest BCUT2D eigenvalue weighted by Gasteiger charge is 2.18. The van der Waals surface area contributed by atoms with E-state index in [0.717, 1.165) is 0 Å². The molecule has 0 aliphatic rings. The van der Waals surface area contributed by atoms with E-state index in [2.05, 4.69) is 15.9 Å². The fourth-order valence-electron chi connectivity index (χ4n) is 1.47. The fraction of sp³-hybridized carbons (Fsp3) is 0.308. The van der Waals surface area contributed by atoms with E-state index in [1.165, 1.54) is 18.2 Å². The first-order chi connectivity index (χ1) is 8.63. The largest absolute Gasteiger partial charge is 0.462 e. The summed E-state index contributed by atoms with van der Waals surface area (Å²) in [7, 11) is 0. The van der Waals surface area contributed by atoms with Gasteiger partial charge in [0.1, 0.15) is 6.29 Å². The van der Waals surface area contributed by atoms with Crippen molar-refractivity contribution in [2.75, 3.05) is 11.9 Å². The van der Waals surface area contributed by atoms with Crippen molar-refractivity contribution in [2.24, 2.45) is 0 Å². The number of rotatable bonds is 6. The van der Waals surface area contributed by atoms with Crippen LogP contribution in [-0.2, 0) is 4.74 Å². The van der Waals surface area contributed by atoms with Crippen molar-refractivity contribution in [2.45, 2.75) is 13.3 Å². The second-order valence-electron chi connectivity index (χ2n) is 3.51. The Kier molecular flexibility index (Phi) is 5.71. The Labute approximate surface area is 113 Å². The number of ether oxygens (including phenoxy) is 1. The summed E-state index contributed by atoms with van der Waals surface area (Å²) in [5, 5.41) is 0.499. The zero-order chi connectivity index (χ0) is 13.5. The highest BCUT2D eigenvalue weighted by atomic mass is 79.9. The van der Waals surface area contributed by atoms with Crippen LogP contribution in [0.15, 0.2) is 18.2 Å². The molecule has 1 aromatic carbocycles. The number of hydrogen-bond acceptors (Lipinski definition) is 4. The summed E-state index contributed by atoms with van der Waals surface area (Å²) in [5.41, 5.74) is 0.798. The number of aldehydes is 1. The maximum Gasteiger partial charge on any atom is 0.338 e. The molecule has 5 heteroatoms.